The van der Waals surface area contributed by atoms with Gasteiger partial charge in [0.25, 0.3) is 0 Å². The third-order valence-corrected chi connectivity index (χ3v) is 3.98. The molecule has 8 heteroatoms. The Balaban J connectivity index is 2.57. The number of nitrogens with one attached hydrogen (secondary N) is 1. The van der Waals surface area contributed by atoms with E-state index in [1.807, 2.05) is 0 Å². The molecule has 1 saturated heterocycles. The molecule has 1 heterocycles. The maximum atomic E-state index is 12.0. The van der Waals surface area contributed by atoms with Crippen LogP contribution in [0.5, 0.6) is 0 Å². The molecule has 0 aromatic heterocycles. The molecule has 0 radical (unpaired) electrons. The lowest BCUT2D eigenvalue weighted by molar-refractivity contribution is -0.0343. The first kappa shape index (κ1) is 17.8. The molecular weight excluding hydrogens is 296 g/mol. The Morgan fingerprint density at radius 3 is 2.76 bits per heavy atom. The summed E-state index contributed by atoms with van der Waals surface area (Å²) in [5.41, 5.74) is -0.592. The van der Waals surface area contributed by atoms with E-state index in [0.29, 0.717) is 6.54 Å². The number of terminal acetylenes is 1. The van der Waals surface area contributed by atoms with E-state index in [4.69, 9.17) is 15.9 Å². The smallest absolute Gasteiger partial charge is 0.410 e. The Hall–Kier alpha value is -1.30. The van der Waals surface area contributed by atoms with Crippen LogP contribution >= 0.6 is 0 Å². The van der Waals surface area contributed by atoms with E-state index in [-0.39, 0.29) is 25.4 Å². The highest BCUT2D eigenvalue weighted by Crippen LogP contribution is 2.13. The van der Waals surface area contributed by atoms with Crippen LogP contribution in [0.1, 0.15) is 20.8 Å². The summed E-state index contributed by atoms with van der Waals surface area (Å²) in [5.74, 6) is 1.96. The highest BCUT2D eigenvalue weighted by molar-refractivity contribution is 7.89. The van der Waals surface area contributed by atoms with Crippen molar-refractivity contribution in [1.29, 1.82) is 0 Å². The van der Waals surface area contributed by atoms with Crippen LogP contribution in [0.25, 0.3) is 0 Å². The number of carbonyl (C=O) groups is 1. The molecule has 7 nitrogen and oxygen atoms in total. The van der Waals surface area contributed by atoms with E-state index in [1.54, 1.807) is 20.8 Å². The number of nitrogens with zero attached hydrogens (tertiary/aromatic N) is 1. The molecule has 1 N–H and O–H groups in total. The predicted molar refractivity (Wildman–Crippen MR) is 78.2 cm³/mol. The van der Waals surface area contributed by atoms with Gasteiger partial charge in [-0.3, -0.25) is 0 Å². The van der Waals surface area contributed by atoms with Crippen molar-refractivity contribution >= 4 is 16.1 Å². The third-order valence-electron chi connectivity index (χ3n) is 2.59. The molecule has 0 aliphatic carbocycles. The van der Waals surface area contributed by atoms with Crippen LogP contribution in [0.15, 0.2) is 0 Å². The quantitative estimate of drug-likeness (QED) is 0.747. The summed E-state index contributed by atoms with van der Waals surface area (Å²) >= 11 is 0. The van der Waals surface area contributed by atoms with E-state index in [0.717, 1.165) is 0 Å². The van der Waals surface area contributed by atoms with Crippen molar-refractivity contribution in [3.63, 3.8) is 0 Å². The van der Waals surface area contributed by atoms with Gasteiger partial charge in [0.15, 0.2) is 0 Å². The first-order valence-electron chi connectivity index (χ1n) is 6.63. The van der Waals surface area contributed by atoms with E-state index in [9.17, 15) is 13.2 Å². The number of morpholine rings is 1. The first-order chi connectivity index (χ1) is 9.63. The fourth-order valence-electron chi connectivity index (χ4n) is 1.77. The highest BCUT2D eigenvalue weighted by atomic mass is 32.2. The fraction of sp³-hybridized carbons (Fsp3) is 0.769. The molecule has 0 bridgehead atoms. The SMILES string of the molecule is C#CCNS(=O)(=O)C[C@@H]1CN(C(=O)OC(C)(C)C)CCO1. The maximum absolute atomic E-state index is 12.0. The van der Waals surface area contributed by atoms with Gasteiger partial charge < -0.3 is 14.4 Å². The zero-order valence-corrected chi connectivity index (χ0v) is 13.4. The molecule has 1 amide bonds. The second kappa shape index (κ2) is 7.11. The number of carbonyl (C=O) groups excluding carboxylic acids is 1. The Kier molecular flexibility index (Phi) is 6.01. The molecule has 1 aliphatic rings. The highest BCUT2D eigenvalue weighted by Gasteiger charge is 2.30. The van der Waals surface area contributed by atoms with Crippen LogP contribution in [-0.4, -0.2) is 63.1 Å². The van der Waals surface area contributed by atoms with Gasteiger partial charge in [0.05, 0.1) is 31.6 Å². The molecule has 0 saturated carbocycles. The number of hydrogen-bond acceptors (Lipinski definition) is 5. The topological polar surface area (TPSA) is 84.9 Å². The summed E-state index contributed by atoms with van der Waals surface area (Å²) in [6.07, 6.45) is 3.95. The summed E-state index contributed by atoms with van der Waals surface area (Å²) in [6, 6.07) is 0. The number of amides is 1. The summed E-state index contributed by atoms with van der Waals surface area (Å²) < 4.78 is 36.4. The van der Waals surface area contributed by atoms with Gasteiger partial charge in [-0.2, -0.15) is 0 Å². The molecule has 0 spiro atoms. The second-order valence-corrected chi connectivity index (χ2v) is 7.58. The van der Waals surface area contributed by atoms with Crippen LogP contribution in [-0.2, 0) is 19.5 Å². The molecule has 21 heavy (non-hydrogen) atoms. The molecule has 1 atom stereocenters. The minimum Gasteiger partial charge on any atom is -0.444 e. The second-order valence-electron chi connectivity index (χ2n) is 5.73. The minimum atomic E-state index is -3.52. The van der Waals surface area contributed by atoms with E-state index >= 15 is 0 Å². The average molecular weight is 318 g/mol. The number of ether oxygens (including phenoxy) is 2. The third kappa shape index (κ3) is 6.80. The van der Waals surface area contributed by atoms with Crippen LogP contribution in [0, 0.1) is 12.3 Å². The van der Waals surface area contributed by atoms with Crippen LogP contribution in [0.4, 0.5) is 4.79 Å². The fourth-order valence-corrected chi connectivity index (χ4v) is 2.88. The molecule has 1 fully saturated rings. The molecule has 0 unspecified atom stereocenters. The summed E-state index contributed by atoms with van der Waals surface area (Å²) in [7, 11) is -3.52. The minimum absolute atomic E-state index is 0.0646. The van der Waals surface area contributed by atoms with Crippen LogP contribution in [0.3, 0.4) is 0 Å². The Morgan fingerprint density at radius 1 is 1.52 bits per heavy atom. The van der Waals surface area contributed by atoms with Gasteiger partial charge >= 0.3 is 6.09 Å². The van der Waals surface area contributed by atoms with Crippen LogP contribution in [0.2, 0.25) is 0 Å². The Morgan fingerprint density at radius 2 is 2.19 bits per heavy atom. The van der Waals surface area contributed by atoms with Crippen molar-refractivity contribution in [2.75, 3.05) is 32.0 Å². The molecule has 120 valence electrons. The van der Waals surface area contributed by atoms with Crippen molar-refractivity contribution in [2.24, 2.45) is 0 Å². The lowest BCUT2D eigenvalue weighted by Crippen LogP contribution is -2.50. The molecule has 1 aliphatic heterocycles. The maximum Gasteiger partial charge on any atom is 0.410 e. The van der Waals surface area contributed by atoms with Gasteiger partial charge in [-0.1, -0.05) is 5.92 Å². The molecule has 0 aromatic carbocycles. The largest absolute Gasteiger partial charge is 0.444 e. The molecule has 0 aromatic rings. The van der Waals surface area contributed by atoms with Gasteiger partial charge in [-0.15, -0.1) is 6.42 Å². The molecule has 1 rings (SSSR count). The predicted octanol–water partition coefficient (Wildman–Crippen LogP) is 0.175. The van der Waals surface area contributed by atoms with Crippen molar-refractivity contribution in [1.82, 2.24) is 9.62 Å². The molecular formula is C13H22N2O5S. The normalized spacial score (nSPS) is 19.9. The van der Waals surface area contributed by atoms with E-state index < -0.39 is 27.8 Å². The van der Waals surface area contributed by atoms with Gasteiger partial charge in [-0.25, -0.2) is 17.9 Å². The number of hydrogen-bond donors (Lipinski definition) is 1. The van der Waals surface area contributed by atoms with Crippen molar-refractivity contribution < 1.29 is 22.7 Å². The van der Waals surface area contributed by atoms with Crippen molar-refractivity contribution in [3.05, 3.63) is 0 Å². The standard InChI is InChI=1S/C13H22N2O5S/c1-5-6-14-21(17,18)10-11-9-15(7-8-19-11)12(16)20-13(2,3)4/h1,11,14H,6-10H2,2-4H3/t11-/m0/s1. The van der Waals surface area contributed by atoms with Gasteiger partial charge in [0.2, 0.25) is 10.0 Å². The summed E-state index contributed by atoms with van der Waals surface area (Å²) in [6.45, 7) is 6.08. The van der Waals surface area contributed by atoms with E-state index in [2.05, 4.69) is 10.6 Å². The zero-order chi connectivity index (χ0) is 16.1. The Labute approximate surface area is 126 Å². The Bertz CT molecular complexity index is 504. The van der Waals surface area contributed by atoms with E-state index in [1.165, 1.54) is 4.90 Å². The monoisotopic (exact) mass is 318 g/mol. The van der Waals surface area contributed by atoms with Crippen molar-refractivity contribution in [2.45, 2.75) is 32.5 Å². The average Bonchev–Trinajstić information content (AvgIpc) is 2.34. The van der Waals surface area contributed by atoms with Crippen LogP contribution < -0.4 is 4.72 Å². The van der Waals surface area contributed by atoms with Crippen molar-refractivity contribution in [3.8, 4) is 12.3 Å². The lowest BCUT2D eigenvalue weighted by Gasteiger charge is -2.34. The zero-order valence-electron chi connectivity index (χ0n) is 12.6. The summed E-state index contributed by atoms with van der Waals surface area (Å²) in [5, 5.41) is 0. The number of rotatable bonds is 4. The van der Waals surface area contributed by atoms with Gasteiger partial charge in [0, 0.05) is 6.54 Å². The first-order valence-corrected chi connectivity index (χ1v) is 8.28. The van der Waals surface area contributed by atoms with Gasteiger partial charge in [0.1, 0.15) is 5.60 Å². The number of sulfonamides is 1. The van der Waals surface area contributed by atoms with Gasteiger partial charge in [-0.05, 0) is 20.8 Å². The lowest BCUT2D eigenvalue weighted by atomic mass is 10.2. The summed E-state index contributed by atoms with van der Waals surface area (Å²) in [4.78, 5) is 13.4.